The molecule has 17 heavy (non-hydrogen) atoms. The van der Waals surface area contributed by atoms with Crippen molar-refractivity contribution in [1.82, 2.24) is 5.32 Å². The summed E-state index contributed by atoms with van der Waals surface area (Å²) in [5, 5.41) is 2.68. The third kappa shape index (κ3) is 4.66. The zero-order valence-electron chi connectivity index (χ0n) is 10.2. The van der Waals surface area contributed by atoms with E-state index in [0.29, 0.717) is 13.1 Å². The molecule has 0 aromatic heterocycles. The fourth-order valence-electron chi connectivity index (χ4n) is 1.22. The van der Waals surface area contributed by atoms with Crippen molar-refractivity contribution in [3.8, 4) is 5.75 Å². The summed E-state index contributed by atoms with van der Waals surface area (Å²) >= 11 is 1.13. The van der Waals surface area contributed by atoms with Crippen LogP contribution in [-0.2, 0) is 4.79 Å². The van der Waals surface area contributed by atoms with Gasteiger partial charge in [-0.15, -0.1) is 0 Å². The van der Waals surface area contributed by atoms with Crippen molar-refractivity contribution in [3.05, 3.63) is 29.3 Å². The monoisotopic (exact) mass is 254 g/mol. The topological polar surface area (TPSA) is 64.3 Å². The fraction of sp³-hybridized carbons (Fsp3) is 0.417. The summed E-state index contributed by atoms with van der Waals surface area (Å²) in [6.07, 6.45) is 0. The first-order valence-electron chi connectivity index (χ1n) is 5.47. The Bertz CT molecular complexity index is 383. The number of benzene rings is 1. The number of hydrogen-bond acceptors (Lipinski definition) is 4. The summed E-state index contributed by atoms with van der Waals surface area (Å²) in [5.74, 6) is 1.01. The van der Waals surface area contributed by atoms with E-state index < -0.39 is 0 Å². The van der Waals surface area contributed by atoms with Gasteiger partial charge in [-0.1, -0.05) is 12.1 Å². The minimum Gasteiger partial charge on any atom is -0.425 e. The maximum absolute atomic E-state index is 11.3. The zero-order chi connectivity index (χ0) is 12.7. The molecular weight excluding hydrogens is 236 g/mol. The van der Waals surface area contributed by atoms with Gasteiger partial charge in [-0.2, -0.15) is 0 Å². The SMILES string of the molecule is Cc1cccc(OSCC(=O)NCCN)c1C. The molecule has 0 aliphatic carbocycles. The Kier molecular flexibility index (Phi) is 5.86. The fourth-order valence-corrected chi connectivity index (χ4v) is 1.80. The third-order valence-electron chi connectivity index (χ3n) is 2.36. The van der Waals surface area contributed by atoms with Gasteiger partial charge in [-0.05, 0) is 31.0 Å². The number of rotatable bonds is 6. The van der Waals surface area contributed by atoms with Gasteiger partial charge in [0.15, 0.2) is 0 Å². The average Bonchev–Trinajstić information content (AvgIpc) is 2.32. The number of nitrogens with two attached hydrogens (primary N) is 1. The van der Waals surface area contributed by atoms with Crippen LogP contribution in [0.3, 0.4) is 0 Å². The minimum absolute atomic E-state index is 0.0641. The molecule has 0 heterocycles. The normalized spacial score (nSPS) is 10.1. The summed E-state index contributed by atoms with van der Waals surface area (Å²) < 4.78 is 5.49. The van der Waals surface area contributed by atoms with Crippen LogP contribution in [0.2, 0.25) is 0 Å². The van der Waals surface area contributed by atoms with Crippen LogP contribution < -0.4 is 15.2 Å². The van der Waals surface area contributed by atoms with E-state index in [-0.39, 0.29) is 11.7 Å². The molecular formula is C12H18N2O2S. The van der Waals surface area contributed by atoms with Crippen molar-refractivity contribution in [2.75, 3.05) is 18.8 Å². The van der Waals surface area contributed by atoms with Crippen LogP contribution >= 0.6 is 12.0 Å². The highest BCUT2D eigenvalue weighted by Crippen LogP contribution is 2.23. The van der Waals surface area contributed by atoms with Gasteiger partial charge in [0.1, 0.15) is 11.5 Å². The maximum Gasteiger partial charge on any atom is 0.233 e. The van der Waals surface area contributed by atoms with E-state index in [2.05, 4.69) is 5.32 Å². The molecule has 0 bridgehead atoms. The first-order chi connectivity index (χ1) is 8.15. The zero-order valence-corrected chi connectivity index (χ0v) is 11.0. The molecule has 0 atom stereocenters. The van der Waals surface area contributed by atoms with Gasteiger partial charge in [0.2, 0.25) is 5.91 Å². The number of aryl methyl sites for hydroxylation is 1. The Morgan fingerprint density at radius 1 is 1.47 bits per heavy atom. The Hall–Kier alpha value is -1.20. The molecule has 0 spiro atoms. The summed E-state index contributed by atoms with van der Waals surface area (Å²) in [5.41, 5.74) is 7.56. The predicted octanol–water partition coefficient (Wildman–Crippen LogP) is 1.41. The molecule has 1 aromatic rings. The molecule has 0 unspecified atom stereocenters. The van der Waals surface area contributed by atoms with Crippen molar-refractivity contribution >= 4 is 17.9 Å². The van der Waals surface area contributed by atoms with Gasteiger partial charge in [-0.3, -0.25) is 4.79 Å². The van der Waals surface area contributed by atoms with Crippen molar-refractivity contribution in [1.29, 1.82) is 0 Å². The number of carbonyl (C=O) groups is 1. The van der Waals surface area contributed by atoms with Crippen LogP contribution in [0.1, 0.15) is 11.1 Å². The van der Waals surface area contributed by atoms with Crippen molar-refractivity contribution < 1.29 is 8.98 Å². The highest BCUT2D eigenvalue weighted by Gasteiger charge is 2.05. The predicted molar refractivity (Wildman–Crippen MR) is 71.1 cm³/mol. The first-order valence-corrected chi connectivity index (χ1v) is 6.38. The molecule has 5 heteroatoms. The molecule has 0 aliphatic heterocycles. The van der Waals surface area contributed by atoms with Crippen molar-refractivity contribution in [3.63, 3.8) is 0 Å². The Balaban J connectivity index is 2.36. The van der Waals surface area contributed by atoms with Gasteiger partial charge in [0.25, 0.3) is 0 Å². The minimum atomic E-state index is -0.0641. The molecule has 0 fully saturated rings. The van der Waals surface area contributed by atoms with Gasteiger partial charge < -0.3 is 15.2 Å². The van der Waals surface area contributed by atoms with E-state index in [9.17, 15) is 4.79 Å². The molecule has 0 saturated carbocycles. The smallest absolute Gasteiger partial charge is 0.233 e. The lowest BCUT2D eigenvalue weighted by molar-refractivity contribution is -0.118. The summed E-state index contributed by atoms with van der Waals surface area (Å²) in [7, 11) is 0. The largest absolute Gasteiger partial charge is 0.425 e. The maximum atomic E-state index is 11.3. The highest BCUT2D eigenvalue weighted by atomic mass is 32.2. The number of hydrogen-bond donors (Lipinski definition) is 2. The van der Waals surface area contributed by atoms with Gasteiger partial charge in [0.05, 0.1) is 12.0 Å². The third-order valence-corrected chi connectivity index (χ3v) is 3.04. The van der Waals surface area contributed by atoms with Crippen LogP contribution in [0.25, 0.3) is 0 Å². The van der Waals surface area contributed by atoms with E-state index >= 15 is 0 Å². The van der Waals surface area contributed by atoms with Crippen LogP contribution in [0, 0.1) is 13.8 Å². The van der Waals surface area contributed by atoms with Crippen LogP contribution in [0.15, 0.2) is 18.2 Å². The lowest BCUT2D eigenvalue weighted by Gasteiger charge is -2.09. The van der Waals surface area contributed by atoms with Gasteiger partial charge in [-0.25, -0.2) is 0 Å². The lowest BCUT2D eigenvalue weighted by atomic mass is 10.1. The average molecular weight is 254 g/mol. The summed E-state index contributed by atoms with van der Waals surface area (Å²) in [4.78, 5) is 11.3. The van der Waals surface area contributed by atoms with E-state index in [1.54, 1.807) is 0 Å². The van der Waals surface area contributed by atoms with Gasteiger partial charge >= 0.3 is 0 Å². The van der Waals surface area contributed by atoms with Gasteiger partial charge in [0, 0.05) is 13.1 Å². The Labute approximate surface area is 106 Å². The molecule has 1 aromatic carbocycles. The Morgan fingerprint density at radius 3 is 2.94 bits per heavy atom. The molecule has 1 rings (SSSR count). The molecule has 3 N–H and O–H groups in total. The standard InChI is InChI=1S/C12H18N2O2S/c1-9-4-3-5-11(10(9)2)16-17-8-12(15)14-7-6-13/h3-5H,6-8,13H2,1-2H3,(H,14,15). The summed E-state index contributed by atoms with van der Waals surface area (Å²) in [6, 6.07) is 5.86. The molecule has 4 nitrogen and oxygen atoms in total. The van der Waals surface area contributed by atoms with Crippen LogP contribution in [0.5, 0.6) is 5.75 Å². The quantitative estimate of drug-likeness (QED) is 0.753. The number of amides is 1. The number of carbonyl (C=O) groups excluding carboxylic acids is 1. The first kappa shape index (κ1) is 13.9. The summed E-state index contributed by atoms with van der Waals surface area (Å²) in [6.45, 7) is 4.98. The van der Waals surface area contributed by atoms with E-state index in [1.807, 2.05) is 32.0 Å². The molecule has 0 aliphatic rings. The molecule has 1 amide bonds. The second kappa shape index (κ2) is 7.19. The van der Waals surface area contributed by atoms with Crippen molar-refractivity contribution in [2.24, 2.45) is 5.73 Å². The Morgan fingerprint density at radius 2 is 2.24 bits per heavy atom. The molecule has 0 saturated heterocycles. The second-order valence-corrected chi connectivity index (χ2v) is 4.37. The van der Waals surface area contributed by atoms with Crippen LogP contribution in [0.4, 0.5) is 0 Å². The lowest BCUT2D eigenvalue weighted by Crippen LogP contribution is -2.30. The van der Waals surface area contributed by atoms with Crippen molar-refractivity contribution in [2.45, 2.75) is 13.8 Å². The molecule has 94 valence electrons. The highest BCUT2D eigenvalue weighted by molar-refractivity contribution is 7.95. The van der Waals surface area contributed by atoms with E-state index in [0.717, 1.165) is 23.4 Å². The van der Waals surface area contributed by atoms with E-state index in [1.165, 1.54) is 5.56 Å². The van der Waals surface area contributed by atoms with E-state index in [4.69, 9.17) is 9.92 Å². The van der Waals surface area contributed by atoms with Crippen LogP contribution in [-0.4, -0.2) is 24.7 Å². The molecule has 0 radical (unpaired) electrons. The second-order valence-electron chi connectivity index (χ2n) is 3.68. The number of nitrogens with one attached hydrogen (secondary N) is 1.